The average molecular weight is 287 g/mol. The molecule has 0 radical (unpaired) electrons. The number of rotatable bonds is 2. The third kappa shape index (κ3) is 2.51. The molecule has 1 fully saturated rings. The number of carboxylic acids is 1. The van der Waals surface area contributed by atoms with Crippen LogP contribution in [0.1, 0.15) is 24.2 Å². The number of aliphatic carboxylic acids is 1. The Morgan fingerprint density at radius 1 is 1.19 bits per heavy atom. The van der Waals surface area contributed by atoms with Crippen LogP contribution in [0.25, 0.3) is 11.2 Å². The standard InChI is InChI=1S/C14H17N5O2/c1-8-9(2)18-12-11(17-8)13(16-7-15-12)19-5-3-10(4-6-19)14(20)21/h7,10H,3-6H2,1-2H3,(H,20,21). The van der Waals surface area contributed by atoms with Crippen LogP contribution < -0.4 is 4.90 Å². The maximum Gasteiger partial charge on any atom is 0.306 e. The second-order valence-corrected chi connectivity index (χ2v) is 5.36. The first-order valence-electron chi connectivity index (χ1n) is 7.00. The van der Waals surface area contributed by atoms with Crippen molar-refractivity contribution in [1.29, 1.82) is 0 Å². The van der Waals surface area contributed by atoms with Gasteiger partial charge in [0.25, 0.3) is 0 Å². The number of fused-ring (bicyclic) bond motifs is 1. The summed E-state index contributed by atoms with van der Waals surface area (Å²) in [5.41, 5.74) is 2.99. The Bertz CT molecular complexity index is 695. The molecule has 0 atom stereocenters. The molecule has 1 aliphatic rings. The summed E-state index contributed by atoms with van der Waals surface area (Å²) >= 11 is 0. The molecule has 0 amide bonds. The molecule has 0 saturated carbocycles. The van der Waals surface area contributed by atoms with Gasteiger partial charge in [-0.1, -0.05) is 0 Å². The molecule has 1 N–H and O–H groups in total. The maximum absolute atomic E-state index is 11.0. The highest BCUT2D eigenvalue weighted by atomic mass is 16.4. The number of anilines is 1. The summed E-state index contributed by atoms with van der Waals surface area (Å²) in [5, 5.41) is 9.07. The van der Waals surface area contributed by atoms with E-state index in [-0.39, 0.29) is 5.92 Å². The number of aryl methyl sites for hydroxylation is 2. The maximum atomic E-state index is 11.0. The Labute approximate surface area is 122 Å². The molecule has 1 aliphatic heterocycles. The summed E-state index contributed by atoms with van der Waals surface area (Å²) in [5.74, 6) is -0.225. The van der Waals surface area contributed by atoms with Crippen LogP contribution in [-0.2, 0) is 4.79 Å². The molecule has 2 aromatic rings. The van der Waals surface area contributed by atoms with Crippen molar-refractivity contribution in [3.63, 3.8) is 0 Å². The highest BCUT2D eigenvalue weighted by Gasteiger charge is 2.26. The van der Waals surface area contributed by atoms with Crippen molar-refractivity contribution in [2.45, 2.75) is 26.7 Å². The predicted molar refractivity (Wildman–Crippen MR) is 77.2 cm³/mol. The number of aromatic nitrogens is 4. The average Bonchev–Trinajstić information content (AvgIpc) is 2.48. The molecule has 21 heavy (non-hydrogen) atoms. The third-order valence-corrected chi connectivity index (χ3v) is 4.00. The minimum Gasteiger partial charge on any atom is -0.481 e. The van der Waals surface area contributed by atoms with E-state index in [9.17, 15) is 4.79 Å². The van der Waals surface area contributed by atoms with E-state index in [1.807, 2.05) is 13.8 Å². The van der Waals surface area contributed by atoms with Gasteiger partial charge >= 0.3 is 5.97 Å². The first-order valence-corrected chi connectivity index (χ1v) is 7.00. The van der Waals surface area contributed by atoms with Gasteiger partial charge < -0.3 is 10.0 Å². The molecule has 3 rings (SSSR count). The number of nitrogens with zero attached hydrogens (tertiary/aromatic N) is 5. The van der Waals surface area contributed by atoms with Gasteiger partial charge in [-0.15, -0.1) is 0 Å². The van der Waals surface area contributed by atoms with Crippen LogP contribution in [0.3, 0.4) is 0 Å². The first kappa shape index (κ1) is 13.7. The van der Waals surface area contributed by atoms with E-state index in [1.54, 1.807) is 0 Å². The second kappa shape index (κ2) is 5.23. The highest BCUT2D eigenvalue weighted by Crippen LogP contribution is 2.26. The minimum absolute atomic E-state index is 0.260. The lowest BCUT2D eigenvalue weighted by atomic mass is 9.97. The van der Waals surface area contributed by atoms with Gasteiger partial charge in [-0.2, -0.15) is 0 Å². The van der Waals surface area contributed by atoms with Crippen LogP contribution >= 0.6 is 0 Å². The fourth-order valence-corrected chi connectivity index (χ4v) is 2.60. The molecular weight excluding hydrogens is 270 g/mol. The molecular formula is C14H17N5O2. The summed E-state index contributed by atoms with van der Waals surface area (Å²) < 4.78 is 0. The van der Waals surface area contributed by atoms with Gasteiger partial charge in [0.15, 0.2) is 17.0 Å². The molecule has 0 aliphatic carbocycles. The molecule has 0 unspecified atom stereocenters. The summed E-state index contributed by atoms with van der Waals surface area (Å²) in [6.45, 7) is 5.15. The predicted octanol–water partition coefficient (Wildman–Crippen LogP) is 1.34. The number of piperidine rings is 1. The Balaban J connectivity index is 1.94. The second-order valence-electron chi connectivity index (χ2n) is 5.36. The van der Waals surface area contributed by atoms with Crippen molar-refractivity contribution in [3.8, 4) is 0 Å². The van der Waals surface area contributed by atoms with Gasteiger partial charge in [0, 0.05) is 13.1 Å². The van der Waals surface area contributed by atoms with E-state index in [0.29, 0.717) is 37.1 Å². The molecule has 0 bridgehead atoms. The van der Waals surface area contributed by atoms with Crippen molar-refractivity contribution >= 4 is 23.0 Å². The summed E-state index contributed by atoms with van der Waals surface area (Å²) in [6, 6.07) is 0. The van der Waals surface area contributed by atoms with Gasteiger partial charge in [-0.25, -0.2) is 19.9 Å². The smallest absolute Gasteiger partial charge is 0.306 e. The van der Waals surface area contributed by atoms with Crippen molar-refractivity contribution in [1.82, 2.24) is 19.9 Å². The van der Waals surface area contributed by atoms with Gasteiger partial charge in [0.05, 0.1) is 17.3 Å². The molecule has 3 heterocycles. The zero-order chi connectivity index (χ0) is 15.0. The van der Waals surface area contributed by atoms with Crippen LogP contribution in [0.5, 0.6) is 0 Å². The molecule has 7 nitrogen and oxygen atoms in total. The molecule has 110 valence electrons. The summed E-state index contributed by atoms with van der Waals surface area (Å²) in [4.78, 5) is 30.6. The SMILES string of the molecule is Cc1nc2ncnc(N3CCC(C(=O)O)CC3)c2nc1C. The summed E-state index contributed by atoms with van der Waals surface area (Å²) in [7, 11) is 0. The van der Waals surface area contributed by atoms with Crippen molar-refractivity contribution in [2.24, 2.45) is 5.92 Å². The number of hydrogen-bond acceptors (Lipinski definition) is 6. The zero-order valence-electron chi connectivity index (χ0n) is 12.1. The van der Waals surface area contributed by atoms with Crippen molar-refractivity contribution in [2.75, 3.05) is 18.0 Å². The third-order valence-electron chi connectivity index (χ3n) is 4.00. The molecule has 0 spiro atoms. The Morgan fingerprint density at radius 2 is 1.86 bits per heavy atom. The molecule has 7 heteroatoms. The first-order chi connectivity index (χ1) is 10.1. The topological polar surface area (TPSA) is 92.1 Å². The highest BCUT2D eigenvalue weighted by molar-refractivity contribution is 5.83. The fourth-order valence-electron chi connectivity index (χ4n) is 2.60. The van der Waals surface area contributed by atoms with E-state index in [1.165, 1.54) is 6.33 Å². The van der Waals surface area contributed by atoms with Gasteiger partial charge in [-0.05, 0) is 26.7 Å². The zero-order valence-corrected chi connectivity index (χ0v) is 12.1. The number of carboxylic acid groups (broad SMARTS) is 1. The van der Waals surface area contributed by atoms with E-state index in [2.05, 4.69) is 24.8 Å². The van der Waals surface area contributed by atoms with Crippen LogP contribution in [-0.4, -0.2) is 44.1 Å². The van der Waals surface area contributed by atoms with Crippen LogP contribution in [0.15, 0.2) is 6.33 Å². The molecule has 2 aromatic heterocycles. The quantitative estimate of drug-likeness (QED) is 0.890. The molecule has 0 aromatic carbocycles. The van der Waals surface area contributed by atoms with Gasteiger partial charge in [0.1, 0.15) is 6.33 Å². The van der Waals surface area contributed by atoms with Crippen LogP contribution in [0, 0.1) is 19.8 Å². The Morgan fingerprint density at radius 3 is 2.52 bits per heavy atom. The monoisotopic (exact) mass is 287 g/mol. The normalized spacial score (nSPS) is 16.4. The largest absolute Gasteiger partial charge is 0.481 e. The van der Waals surface area contributed by atoms with Gasteiger partial charge in [0.2, 0.25) is 0 Å². The van der Waals surface area contributed by atoms with Crippen LogP contribution in [0.2, 0.25) is 0 Å². The minimum atomic E-state index is -0.714. The lowest BCUT2D eigenvalue weighted by Crippen LogP contribution is -2.37. The lowest BCUT2D eigenvalue weighted by Gasteiger charge is -2.31. The van der Waals surface area contributed by atoms with Crippen LogP contribution in [0.4, 0.5) is 5.82 Å². The van der Waals surface area contributed by atoms with Crippen molar-refractivity contribution in [3.05, 3.63) is 17.7 Å². The number of carbonyl (C=O) groups is 1. The Hall–Kier alpha value is -2.31. The fraction of sp³-hybridized carbons (Fsp3) is 0.500. The van der Waals surface area contributed by atoms with Gasteiger partial charge in [-0.3, -0.25) is 4.79 Å². The van der Waals surface area contributed by atoms with E-state index >= 15 is 0 Å². The molecule has 1 saturated heterocycles. The van der Waals surface area contributed by atoms with Crippen molar-refractivity contribution < 1.29 is 9.90 Å². The lowest BCUT2D eigenvalue weighted by molar-refractivity contribution is -0.142. The Kier molecular flexibility index (Phi) is 3.40. The summed E-state index contributed by atoms with van der Waals surface area (Å²) in [6.07, 6.45) is 2.74. The van der Waals surface area contributed by atoms with E-state index in [0.717, 1.165) is 17.2 Å². The van der Waals surface area contributed by atoms with E-state index in [4.69, 9.17) is 5.11 Å². The number of hydrogen-bond donors (Lipinski definition) is 1. The van der Waals surface area contributed by atoms with E-state index < -0.39 is 5.97 Å².